The van der Waals surface area contributed by atoms with Crippen LogP contribution in [-0.4, -0.2) is 51.0 Å². The van der Waals surface area contributed by atoms with Gasteiger partial charge in [-0.25, -0.2) is 9.69 Å². The quantitative estimate of drug-likeness (QED) is 0.228. The van der Waals surface area contributed by atoms with Crippen molar-refractivity contribution in [2.75, 3.05) is 0 Å². The molecule has 0 spiro atoms. The Morgan fingerprint density at radius 1 is 0.886 bits per heavy atom. The number of hydrogen-bond acceptors (Lipinski definition) is 6. The summed E-state index contributed by atoms with van der Waals surface area (Å²) in [6.45, 7) is 5.22. The Labute approximate surface area is 259 Å². The fourth-order valence-corrected chi connectivity index (χ4v) is 6.12. The third-order valence-electron chi connectivity index (χ3n) is 8.25. The molecule has 5 atom stereocenters. The Morgan fingerprint density at radius 2 is 1.55 bits per heavy atom. The van der Waals surface area contributed by atoms with Crippen LogP contribution in [-0.2, 0) is 28.8 Å². The highest BCUT2D eigenvalue weighted by atomic mass is 16.6. The van der Waals surface area contributed by atoms with Gasteiger partial charge in [-0.15, -0.1) is 0 Å². The van der Waals surface area contributed by atoms with E-state index in [0.29, 0.717) is 18.4 Å². The van der Waals surface area contributed by atoms with E-state index in [1.54, 1.807) is 20.8 Å². The Hall–Kier alpha value is -4.04. The number of carbonyl (C=O) groups excluding carboxylic acids is 2. The van der Waals surface area contributed by atoms with Crippen molar-refractivity contribution in [3.63, 3.8) is 0 Å². The van der Waals surface area contributed by atoms with E-state index in [9.17, 15) is 19.8 Å². The van der Waals surface area contributed by atoms with Gasteiger partial charge < -0.3 is 20.7 Å². The van der Waals surface area contributed by atoms with Crippen LogP contribution >= 0.6 is 0 Å². The van der Waals surface area contributed by atoms with Crippen molar-refractivity contribution >= 4 is 22.8 Å². The number of rotatable bonds is 9. The molecule has 5 rings (SSSR count). The zero-order chi connectivity index (χ0) is 31.4. The molecule has 230 valence electrons. The van der Waals surface area contributed by atoms with Crippen molar-refractivity contribution in [3.8, 4) is 0 Å². The number of benzene rings is 4. The predicted octanol–water partition coefficient (Wildman–Crippen LogP) is 5.74. The molecule has 4 aromatic carbocycles. The third kappa shape index (κ3) is 7.36. The van der Waals surface area contributed by atoms with E-state index in [0.717, 1.165) is 32.4 Å². The summed E-state index contributed by atoms with van der Waals surface area (Å²) >= 11 is 0. The van der Waals surface area contributed by atoms with Crippen molar-refractivity contribution < 1.29 is 24.5 Å². The first-order valence-corrected chi connectivity index (χ1v) is 15.3. The molecule has 7 nitrogen and oxygen atoms in total. The van der Waals surface area contributed by atoms with Crippen LogP contribution in [0.2, 0.25) is 0 Å². The van der Waals surface area contributed by atoms with Gasteiger partial charge in [-0.3, -0.25) is 4.79 Å². The summed E-state index contributed by atoms with van der Waals surface area (Å²) in [4.78, 5) is 29.4. The van der Waals surface area contributed by atoms with E-state index in [1.807, 2.05) is 91.0 Å². The van der Waals surface area contributed by atoms with Gasteiger partial charge in [0.25, 0.3) is 0 Å². The average molecular weight is 595 g/mol. The van der Waals surface area contributed by atoms with Crippen molar-refractivity contribution in [2.45, 2.75) is 76.3 Å². The van der Waals surface area contributed by atoms with Gasteiger partial charge in [0.2, 0.25) is 5.91 Å². The largest absolute Gasteiger partial charge is 0.443 e. The number of aliphatic hydroxyl groups is 2. The SMILES string of the molecule is CC(C)(C)OC(=O)N(C(=O)C(Cc1ccccc1)CC(O)C(N)Cc1ccc2ccccc2c1)[C@H]1c2ccccc2C[C@@H]1O. The Morgan fingerprint density at radius 3 is 2.27 bits per heavy atom. The monoisotopic (exact) mass is 594 g/mol. The highest BCUT2D eigenvalue weighted by Gasteiger charge is 2.45. The summed E-state index contributed by atoms with van der Waals surface area (Å²) in [7, 11) is 0. The van der Waals surface area contributed by atoms with Gasteiger partial charge in [0.15, 0.2) is 0 Å². The number of nitrogens with zero attached hydrogens (tertiary/aromatic N) is 1. The summed E-state index contributed by atoms with van der Waals surface area (Å²) < 4.78 is 5.73. The first-order valence-electron chi connectivity index (χ1n) is 15.3. The van der Waals surface area contributed by atoms with Gasteiger partial charge in [-0.05, 0) is 73.1 Å². The maximum Gasteiger partial charge on any atom is 0.417 e. The highest BCUT2D eigenvalue weighted by Crippen LogP contribution is 2.38. The Bertz CT molecular complexity index is 1600. The second-order valence-electron chi connectivity index (χ2n) is 12.8. The van der Waals surface area contributed by atoms with E-state index in [2.05, 4.69) is 6.07 Å². The molecule has 0 saturated carbocycles. The lowest BCUT2D eigenvalue weighted by Gasteiger charge is -2.35. The van der Waals surface area contributed by atoms with Crippen molar-refractivity contribution in [3.05, 3.63) is 119 Å². The van der Waals surface area contributed by atoms with Gasteiger partial charge in [-0.2, -0.15) is 0 Å². The molecular weight excluding hydrogens is 552 g/mol. The summed E-state index contributed by atoms with van der Waals surface area (Å²) in [5.41, 5.74) is 9.16. The van der Waals surface area contributed by atoms with Crippen molar-refractivity contribution in [2.24, 2.45) is 11.7 Å². The number of amides is 2. The first kappa shape index (κ1) is 31.4. The molecule has 3 unspecified atom stereocenters. The molecule has 44 heavy (non-hydrogen) atoms. The van der Waals surface area contributed by atoms with E-state index in [4.69, 9.17) is 10.5 Å². The Balaban J connectivity index is 1.44. The topological polar surface area (TPSA) is 113 Å². The lowest BCUT2D eigenvalue weighted by atomic mass is 9.88. The minimum absolute atomic E-state index is 0.0340. The summed E-state index contributed by atoms with van der Waals surface area (Å²) in [5, 5.41) is 24.8. The Kier molecular flexibility index (Phi) is 9.49. The van der Waals surface area contributed by atoms with Gasteiger partial charge in [0, 0.05) is 18.4 Å². The number of ether oxygens (including phenoxy) is 1. The number of nitrogens with two attached hydrogens (primary N) is 1. The lowest BCUT2D eigenvalue weighted by molar-refractivity contribution is -0.140. The minimum Gasteiger partial charge on any atom is -0.443 e. The fraction of sp³-hybridized carbons (Fsp3) is 0.351. The van der Waals surface area contributed by atoms with Crippen LogP contribution in [0.5, 0.6) is 0 Å². The second-order valence-corrected chi connectivity index (χ2v) is 12.8. The molecule has 7 heteroatoms. The van der Waals surface area contributed by atoms with Gasteiger partial charge in [-0.1, -0.05) is 97.1 Å². The second kappa shape index (κ2) is 13.3. The van der Waals surface area contributed by atoms with Gasteiger partial charge in [0.1, 0.15) is 5.60 Å². The van der Waals surface area contributed by atoms with Crippen LogP contribution in [0.1, 0.15) is 55.5 Å². The highest BCUT2D eigenvalue weighted by molar-refractivity contribution is 5.94. The van der Waals surface area contributed by atoms with E-state index >= 15 is 0 Å². The molecule has 0 aliphatic heterocycles. The minimum atomic E-state index is -1.03. The molecule has 4 N–H and O–H groups in total. The number of carbonyl (C=O) groups is 2. The molecule has 0 fully saturated rings. The molecule has 0 heterocycles. The number of aliphatic hydroxyl groups excluding tert-OH is 2. The normalized spacial score (nSPS) is 18.3. The molecule has 0 saturated heterocycles. The maximum atomic E-state index is 14.5. The van der Waals surface area contributed by atoms with E-state index < -0.39 is 47.8 Å². The number of imide groups is 1. The summed E-state index contributed by atoms with van der Waals surface area (Å²) in [5.74, 6) is -1.32. The molecule has 0 radical (unpaired) electrons. The van der Waals surface area contributed by atoms with Gasteiger partial charge in [0.05, 0.1) is 18.2 Å². The van der Waals surface area contributed by atoms with Crippen LogP contribution in [0.4, 0.5) is 4.79 Å². The van der Waals surface area contributed by atoms with Crippen LogP contribution in [0.3, 0.4) is 0 Å². The van der Waals surface area contributed by atoms with Crippen molar-refractivity contribution in [1.82, 2.24) is 4.90 Å². The first-order chi connectivity index (χ1) is 21.0. The third-order valence-corrected chi connectivity index (χ3v) is 8.25. The predicted molar refractivity (Wildman–Crippen MR) is 172 cm³/mol. The van der Waals surface area contributed by atoms with E-state index in [-0.39, 0.29) is 12.8 Å². The number of hydrogen-bond donors (Lipinski definition) is 3. The molecule has 1 aliphatic rings. The molecule has 0 aromatic heterocycles. The lowest BCUT2D eigenvalue weighted by Crippen LogP contribution is -2.49. The average Bonchev–Trinajstić information content (AvgIpc) is 3.31. The summed E-state index contributed by atoms with van der Waals surface area (Å²) in [6.07, 6.45) is -1.79. The molecular formula is C37H42N2O5. The van der Waals surface area contributed by atoms with Gasteiger partial charge >= 0.3 is 6.09 Å². The van der Waals surface area contributed by atoms with E-state index in [1.165, 1.54) is 0 Å². The zero-order valence-corrected chi connectivity index (χ0v) is 25.6. The molecule has 1 aliphatic carbocycles. The fourth-order valence-electron chi connectivity index (χ4n) is 6.12. The standard InChI is InChI=1S/C37H42N2O5/c1-37(2,3)44-36(43)39(34-30-16-10-9-15-28(30)22-33(34)41)35(42)29(19-24-11-5-4-6-12-24)23-32(40)31(38)21-25-17-18-26-13-7-8-14-27(26)20-25/h4-18,20,29,31-34,40-41H,19,21-23,38H2,1-3H3/t29?,31?,32?,33-,34-/m0/s1. The van der Waals surface area contributed by atoms with Crippen LogP contribution in [0.25, 0.3) is 10.8 Å². The van der Waals surface area contributed by atoms with Crippen LogP contribution in [0, 0.1) is 5.92 Å². The van der Waals surface area contributed by atoms with Crippen LogP contribution in [0.15, 0.2) is 97.1 Å². The number of fused-ring (bicyclic) bond motifs is 2. The zero-order valence-electron chi connectivity index (χ0n) is 25.6. The molecule has 4 aromatic rings. The summed E-state index contributed by atoms with van der Waals surface area (Å²) in [6, 6.07) is 29.6. The smallest absolute Gasteiger partial charge is 0.417 e. The molecule has 0 bridgehead atoms. The molecule has 2 amide bonds. The maximum absolute atomic E-state index is 14.5. The van der Waals surface area contributed by atoms with Crippen molar-refractivity contribution in [1.29, 1.82) is 0 Å². The van der Waals surface area contributed by atoms with Crippen LogP contribution < -0.4 is 5.73 Å².